The average molecular weight is 338 g/mol. The summed E-state index contributed by atoms with van der Waals surface area (Å²) < 4.78 is 10.6. The van der Waals surface area contributed by atoms with Crippen LogP contribution in [0.5, 0.6) is 11.5 Å². The van der Waals surface area contributed by atoms with E-state index in [1.807, 2.05) is 43.9 Å². The van der Waals surface area contributed by atoms with Crippen LogP contribution in [-0.4, -0.2) is 47.1 Å². The summed E-state index contributed by atoms with van der Waals surface area (Å²) in [5.74, 6) is 1.41. The molecule has 0 unspecified atom stereocenters. The number of nitrogens with one attached hydrogen (secondary N) is 1. The van der Waals surface area contributed by atoms with Crippen LogP contribution in [0.15, 0.2) is 18.2 Å². The first-order valence-electron chi connectivity index (χ1n) is 7.71. The van der Waals surface area contributed by atoms with Gasteiger partial charge in [-0.1, -0.05) is 6.07 Å². The number of ether oxygens (including phenoxy) is 2. The third kappa shape index (κ3) is 4.06. The van der Waals surface area contributed by atoms with Gasteiger partial charge in [-0.15, -0.1) is 0 Å². The fourth-order valence-corrected chi connectivity index (χ4v) is 3.74. The zero-order chi connectivity index (χ0) is 17.3. The normalized spacial score (nSPS) is 23.4. The highest BCUT2D eigenvalue weighted by Gasteiger charge is 2.42. The molecule has 0 spiro atoms. The van der Waals surface area contributed by atoms with Crippen molar-refractivity contribution in [1.29, 1.82) is 0 Å². The molecule has 0 aliphatic carbocycles. The minimum absolute atomic E-state index is 0.208. The fourth-order valence-electron chi connectivity index (χ4n) is 3.17. The van der Waals surface area contributed by atoms with Gasteiger partial charge in [0.25, 0.3) is 0 Å². The van der Waals surface area contributed by atoms with Gasteiger partial charge in [0, 0.05) is 18.5 Å². The summed E-state index contributed by atoms with van der Waals surface area (Å²) in [4.78, 5) is 1.85. The van der Waals surface area contributed by atoms with E-state index in [4.69, 9.17) is 21.7 Å². The quantitative estimate of drug-likeness (QED) is 0.804. The molecule has 1 saturated heterocycles. The van der Waals surface area contributed by atoms with Gasteiger partial charge in [0.15, 0.2) is 16.6 Å². The highest BCUT2D eigenvalue weighted by molar-refractivity contribution is 7.80. The summed E-state index contributed by atoms with van der Waals surface area (Å²) in [5, 5.41) is 14.6. The number of hydrogen-bond acceptors (Lipinski definition) is 4. The minimum Gasteiger partial charge on any atom is -0.493 e. The molecule has 5 nitrogen and oxygen atoms in total. The molecule has 2 N–H and O–H groups in total. The van der Waals surface area contributed by atoms with E-state index in [-0.39, 0.29) is 5.54 Å². The van der Waals surface area contributed by atoms with Gasteiger partial charge in [0.05, 0.1) is 14.2 Å². The zero-order valence-corrected chi connectivity index (χ0v) is 15.3. The van der Waals surface area contributed by atoms with E-state index in [0.717, 1.165) is 12.0 Å². The van der Waals surface area contributed by atoms with E-state index in [9.17, 15) is 5.11 Å². The van der Waals surface area contributed by atoms with Gasteiger partial charge >= 0.3 is 0 Å². The minimum atomic E-state index is -0.956. The van der Waals surface area contributed by atoms with Gasteiger partial charge < -0.3 is 24.8 Å². The Morgan fingerprint density at radius 3 is 2.43 bits per heavy atom. The standard InChI is InChI=1S/C17H26N2O3S/c1-16(2)11-17(3,20)19(15(23)18-16)9-8-12-6-7-13(21-4)14(10-12)22-5/h6-7,10,20H,8-9,11H2,1-5H3,(H,18,23)/t17-/m0/s1. The molecule has 1 aliphatic heterocycles. The van der Waals surface area contributed by atoms with Crippen molar-refractivity contribution >= 4 is 17.3 Å². The third-order valence-corrected chi connectivity index (χ3v) is 4.44. The highest BCUT2D eigenvalue weighted by Crippen LogP contribution is 2.31. The Morgan fingerprint density at radius 1 is 1.22 bits per heavy atom. The maximum atomic E-state index is 10.8. The van der Waals surface area contributed by atoms with Gasteiger partial charge in [-0.3, -0.25) is 0 Å². The first-order chi connectivity index (χ1) is 10.7. The van der Waals surface area contributed by atoms with Gasteiger partial charge in [0.1, 0.15) is 5.72 Å². The van der Waals surface area contributed by atoms with Crippen molar-refractivity contribution in [2.24, 2.45) is 0 Å². The van der Waals surface area contributed by atoms with E-state index in [1.54, 1.807) is 14.2 Å². The number of rotatable bonds is 5. The highest BCUT2D eigenvalue weighted by atomic mass is 32.1. The molecular weight excluding hydrogens is 312 g/mol. The van der Waals surface area contributed by atoms with Gasteiger partial charge in [-0.25, -0.2) is 0 Å². The first kappa shape index (κ1) is 17.8. The van der Waals surface area contributed by atoms with Crippen molar-refractivity contribution in [2.75, 3.05) is 20.8 Å². The lowest BCUT2D eigenvalue weighted by Crippen LogP contribution is -2.66. The van der Waals surface area contributed by atoms with Gasteiger partial charge in [-0.2, -0.15) is 0 Å². The second-order valence-corrected chi connectivity index (χ2v) is 7.19. The zero-order valence-electron chi connectivity index (χ0n) is 14.5. The van der Waals surface area contributed by atoms with Crippen molar-refractivity contribution < 1.29 is 14.6 Å². The Kier molecular flexibility index (Phi) is 5.06. The van der Waals surface area contributed by atoms with Crippen molar-refractivity contribution in [1.82, 2.24) is 10.2 Å². The second-order valence-electron chi connectivity index (χ2n) is 6.80. The Hall–Kier alpha value is -1.53. The molecule has 23 heavy (non-hydrogen) atoms. The molecule has 128 valence electrons. The summed E-state index contributed by atoms with van der Waals surface area (Å²) in [6.45, 7) is 6.53. The van der Waals surface area contributed by atoms with Crippen LogP contribution in [0.3, 0.4) is 0 Å². The molecule has 2 rings (SSSR count). The summed E-state index contributed by atoms with van der Waals surface area (Å²) in [5.41, 5.74) is -0.0610. The van der Waals surface area contributed by atoms with Crippen molar-refractivity contribution in [2.45, 2.75) is 44.9 Å². The largest absolute Gasteiger partial charge is 0.493 e. The predicted molar refractivity (Wildman–Crippen MR) is 95.0 cm³/mol. The van der Waals surface area contributed by atoms with E-state index in [2.05, 4.69) is 5.32 Å². The van der Waals surface area contributed by atoms with Crippen LogP contribution in [0.25, 0.3) is 0 Å². The predicted octanol–water partition coefficient (Wildman–Crippen LogP) is 2.31. The van der Waals surface area contributed by atoms with Crippen LogP contribution < -0.4 is 14.8 Å². The molecule has 0 amide bonds. The number of nitrogens with zero attached hydrogens (tertiary/aromatic N) is 1. The lowest BCUT2D eigenvalue weighted by Gasteiger charge is -2.49. The maximum Gasteiger partial charge on any atom is 0.171 e. The molecule has 0 bridgehead atoms. The Labute approximate surface area is 143 Å². The van der Waals surface area contributed by atoms with Gasteiger partial charge in [-0.05, 0) is 57.1 Å². The number of aliphatic hydroxyl groups is 1. The summed E-state index contributed by atoms with van der Waals surface area (Å²) in [7, 11) is 3.24. The van der Waals surface area contributed by atoms with Crippen molar-refractivity contribution in [3.63, 3.8) is 0 Å². The number of methoxy groups -OCH3 is 2. The average Bonchev–Trinajstić information content (AvgIpc) is 2.43. The molecular formula is C17H26N2O3S. The molecule has 1 aromatic carbocycles. The van der Waals surface area contributed by atoms with Crippen LogP contribution in [0.2, 0.25) is 0 Å². The molecule has 1 aliphatic rings. The van der Waals surface area contributed by atoms with Crippen LogP contribution in [-0.2, 0) is 6.42 Å². The van der Waals surface area contributed by atoms with Crippen molar-refractivity contribution in [3.05, 3.63) is 23.8 Å². The summed E-state index contributed by atoms with van der Waals surface area (Å²) in [6, 6.07) is 5.85. The molecule has 1 aromatic rings. The smallest absolute Gasteiger partial charge is 0.171 e. The van der Waals surface area contributed by atoms with Crippen LogP contribution in [0.4, 0.5) is 0 Å². The molecule has 0 aromatic heterocycles. The lowest BCUT2D eigenvalue weighted by molar-refractivity contribution is -0.0876. The van der Waals surface area contributed by atoms with Crippen LogP contribution >= 0.6 is 12.2 Å². The first-order valence-corrected chi connectivity index (χ1v) is 8.12. The molecule has 6 heteroatoms. The third-order valence-electron chi connectivity index (χ3n) is 4.12. The Balaban J connectivity index is 2.09. The van der Waals surface area contributed by atoms with Crippen molar-refractivity contribution in [3.8, 4) is 11.5 Å². The SMILES string of the molecule is COc1ccc(CCN2C(=S)NC(C)(C)C[C@]2(C)O)cc1OC. The summed E-state index contributed by atoms with van der Waals surface area (Å²) in [6.07, 6.45) is 1.35. The maximum absolute atomic E-state index is 10.8. The molecule has 0 saturated carbocycles. The van der Waals surface area contributed by atoms with Crippen LogP contribution in [0, 0.1) is 0 Å². The second kappa shape index (κ2) is 6.53. The monoisotopic (exact) mass is 338 g/mol. The van der Waals surface area contributed by atoms with E-state index < -0.39 is 5.72 Å². The van der Waals surface area contributed by atoms with E-state index in [1.165, 1.54) is 0 Å². The molecule has 0 radical (unpaired) electrons. The van der Waals surface area contributed by atoms with E-state index >= 15 is 0 Å². The number of hydrogen-bond donors (Lipinski definition) is 2. The lowest BCUT2D eigenvalue weighted by atomic mass is 9.90. The molecule has 1 heterocycles. The Bertz CT molecular complexity index is 587. The van der Waals surface area contributed by atoms with Gasteiger partial charge in [0.2, 0.25) is 0 Å². The topological polar surface area (TPSA) is 54.0 Å². The Morgan fingerprint density at radius 2 is 1.87 bits per heavy atom. The fraction of sp³-hybridized carbons (Fsp3) is 0.588. The number of benzene rings is 1. The summed E-state index contributed by atoms with van der Waals surface area (Å²) >= 11 is 5.44. The number of thiocarbonyl (C=S) groups is 1. The molecule has 1 atom stereocenters. The van der Waals surface area contributed by atoms with Crippen LogP contribution in [0.1, 0.15) is 32.8 Å². The molecule has 1 fully saturated rings. The van der Waals surface area contributed by atoms with E-state index in [0.29, 0.717) is 29.6 Å².